The van der Waals surface area contributed by atoms with Crippen LogP contribution in [0, 0.1) is 0 Å². The first-order valence-electron chi connectivity index (χ1n) is 5.58. The van der Waals surface area contributed by atoms with E-state index in [2.05, 4.69) is 0 Å². The minimum absolute atomic E-state index is 0.00301. The third-order valence-corrected chi connectivity index (χ3v) is 2.91. The van der Waals surface area contributed by atoms with Gasteiger partial charge in [-0.2, -0.15) is 35.1 Å². The molecule has 1 atom stereocenters. The van der Waals surface area contributed by atoms with Crippen molar-refractivity contribution in [1.29, 1.82) is 0 Å². The van der Waals surface area contributed by atoms with Crippen LogP contribution in [0.4, 0.5) is 39.5 Å². The molecule has 0 aliphatic carbocycles. The fourth-order valence-electron chi connectivity index (χ4n) is 1.72. The maximum atomic E-state index is 14.0. The van der Waals surface area contributed by atoms with Gasteiger partial charge < -0.3 is 0 Å². The fourth-order valence-corrected chi connectivity index (χ4v) is 1.72. The van der Waals surface area contributed by atoms with E-state index >= 15 is 0 Å². The minimum Gasteiger partial charge on any atom is -0.221 e. The first-order chi connectivity index (χ1) is 9.29. The Morgan fingerprint density at radius 2 is 1.33 bits per heavy atom. The summed E-state index contributed by atoms with van der Waals surface area (Å²) in [4.78, 5) is 0. The van der Waals surface area contributed by atoms with Gasteiger partial charge in [-0.3, -0.25) is 0 Å². The zero-order chi connectivity index (χ0) is 16.7. The second-order valence-electron chi connectivity index (χ2n) is 4.28. The predicted octanol–water partition coefficient (Wildman–Crippen LogP) is 5.17. The molecule has 0 saturated carbocycles. The highest BCUT2D eigenvalue weighted by atomic mass is 19.4. The molecule has 1 aromatic carbocycles. The summed E-state index contributed by atoms with van der Waals surface area (Å²) in [5.74, 6) is -6.62. The third kappa shape index (κ3) is 2.69. The Bertz CT molecular complexity index is 500. The van der Waals surface area contributed by atoms with Crippen molar-refractivity contribution >= 4 is 0 Å². The molecule has 1 unspecified atom stereocenters. The van der Waals surface area contributed by atoms with E-state index in [1.165, 1.54) is 13.0 Å². The Balaban J connectivity index is 3.63. The Morgan fingerprint density at radius 3 is 1.71 bits per heavy atom. The molecule has 0 heterocycles. The summed E-state index contributed by atoms with van der Waals surface area (Å²) in [6, 6.07) is 2.59. The van der Waals surface area contributed by atoms with Crippen LogP contribution < -0.4 is 0 Å². The van der Waals surface area contributed by atoms with Gasteiger partial charge in [0, 0.05) is 5.56 Å². The second-order valence-corrected chi connectivity index (χ2v) is 4.28. The van der Waals surface area contributed by atoms with Gasteiger partial charge in [-0.1, -0.05) is 31.2 Å². The maximum absolute atomic E-state index is 14.0. The normalized spacial score (nSPS) is 16.7. The van der Waals surface area contributed by atoms with Gasteiger partial charge in [0.05, 0.1) is 0 Å². The van der Waals surface area contributed by atoms with Crippen molar-refractivity contribution in [1.82, 2.24) is 0 Å². The zero-order valence-corrected chi connectivity index (χ0v) is 10.4. The number of rotatable bonds is 3. The molecule has 0 saturated heterocycles. The van der Waals surface area contributed by atoms with E-state index < -0.39 is 29.5 Å². The first-order valence-corrected chi connectivity index (χ1v) is 5.58. The van der Waals surface area contributed by atoms with Crippen LogP contribution in [0.25, 0.3) is 0 Å². The summed E-state index contributed by atoms with van der Waals surface area (Å²) in [5, 5.41) is 0. The van der Waals surface area contributed by atoms with Gasteiger partial charge in [0.25, 0.3) is 0 Å². The van der Waals surface area contributed by atoms with Crippen LogP contribution in [0.15, 0.2) is 24.3 Å². The Morgan fingerprint density at radius 1 is 0.810 bits per heavy atom. The van der Waals surface area contributed by atoms with Crippen LogP contribution in [0.3, 0.4) is 0 Å². The SMILES string of the molecule is CCc1cccc(C(F)(C(F)(F)F)C(F)(F)C(F)(F)F)c1. The van der Waals surface area contributed by atoms with Crippen LogP contribution in [-0.2, 0) is 12.1 Å². The number of benzene rings is 1. The molecule has 1 rings (SSSR count). The van der Waals surface area contributed by atoms with Gasteiger partial charge in [0.1, 0.15) is 0 Å². The molecule has 0 N–H and O–H groups in total. The monoisotopic (exact) mass is 324 g/mol. The summed E-state index contributed by atoms with van der Waals surface area (Å²) in [7, 11) is 0. The topological polar surface area (TPSA) is 0 Å². The van der Waals surface area contributed by atoms with Gasteiger partial charge in [-0.25, -0.2) is 4.39 Å². The van der Waals surface area contributed by atoms with Crippen molar-refractivity contribution in [2.75, 3.05) is 0 Å². The van der Waals surface area contributed by atoms with Crippen molar-refractivity contribution in [3.8, 4) is 0 Å². The molecule has 120 valence electrons. The zero-order valence-electron chi connectivity index (χ0n) is 10.4. The molecule has 0 spiro atoms. The number of aryl methyl sites for hydroxylation is 1. The second kappa shape index (κ2) is 5.10. The summed E-state index contributed by atoms with van der Waals surface area (Å²) < 4.78 is 115. The molecular weight excluding hydrogens is 315 g/mol. The molecule has 21 heavy (non-hydrogen) atoms. The average molecular weight is 324 g/mol. The van der Waals surface area contributed by atoms with E-state index in [1.807, 2.05) is 0 Å². The van der Waals surface area contributed by atoms with Crippen LogP contribution in [-0.4, -0.2) is 18.3 Å². The van der Waals surface area contributed by atoms with E-state index in [0.29, 0.717) is 6.07 Å². The lowest BCUT2D eigenvalue weighted by molar-refractivity contribution is -0.389. The number of alkyl halides is 9. The molecule has 0 bridgehead atoms. The minimum atomic E-state index is -6.69. The lowest BCUT2D eigenvalue weighted by atomic mass is 9.86. The van der Waals surface area contributed by atoms with Gasteiger partial charge in [0.15, 0.2) is 0 Å². The van der Waals surface area contributed by atoms with Crippen LogP contribution >= 0.6 is 0 Å². The van der Waals surface area contributed by atoms with Gasteiger partial charge in [0.2, 0.25) is 0 Å². The Kier molecular flexibility index (Phi) is 4.28. The van der Waals surface area contributed by atoms with E-state index in [-0.39, 0.29) is 18.1 Å². The highest BCUT2D eigenvalue weighted by molar-refractivity contribution is 5.33. The number of hydrogen-bond acceptors (Lipinski definition) is 0. The van der Waals surface area contributed by atoms with Crippen molar-refractivity contribution in [2.45, 2.75) is 37.3 Å². The lowest BCUT2D eigenvalue weighted by Crippen LogP contribution is -2.59. The van der Waals surface area contributed by atoms with Crippen LogP contribution in [0.5, 0.6) is 0 Å². The van der Waals surface area contributed by atoms with Gasteiger partial charge in [-0.05, 0) is 12.0 Å². The smallest absolute Gasteiger partial charge is 0.221 e. The largest absolute Gasteiger partial charge is 0.457 e. The van der Waals surface area contributed by atoms with E-state index in [4.69, 9.17) is 0 Å². The molecule has 0 aromatic heterocycles. The standard InChI is InChI=1S/C12H9F9/c1-2-7-4-3-5-8(6-7)9(13,11(16,17)18)10(14,15)12(19,20)21/h3-6H,2H2,1H3. The molecular formula is C12H9F9. The lowest BCUT2D eigenvalue weighted by Gasteiger charge is -2.36. The quantitative estimate of drug-likeness (QED) is 0.673. The Labute approximate surface area is 113 Å². The summed E-state index contributed by atoms with van der Waals surface area (Å²) in [6.45, 7) is 1.43. The molecule has 0 nitrogen and oxygen atoms in total. The predicted molar refractivity (Wildman–Crippen MR) is 55.7 cm³/mol. The molecule has 0 fully saturated rings. The third-order valence-electron chi connectivity index (χ3n) is 2.91. The molecule has 9 heteroatoms. The molecule has 0 aliphatic heterocycles. The van der Waals surface area contributed by atoms with Crippen molar-refractivity contribution in [2.24, 2.45) is 0 Å². The summed E-state index contributed by atoms with van der Waals surface area (Å²) in [6.07, 6.45) is -13.1. The van der Waals surface area contributed by atoms with Crippen molar-refractivity contribution < 1.29 is 39.5 Å². The van der Waals surface area contributed by atoms with Gasteiger partial charge in [-0.15, -0.1) is 0 Å². The highest BCUT2D eigenvalue weighted by Gasteiger charge is 2.81. The number of halogens is 9. The van der Waals surface area contributed by atoms with E-state index in [0.717, 1.165) is 6.07 Å². The van der Waals surface area contributed by atoms with E-state index in [9.17, 15) is 39.5 Å². The summed E-state index contributed by atoms with van der Waals surface area (Å²) in [5.41, 5.74) is -7.64. The molecule has 0 radical (unpaired) electrons. The first kappa shape index (κ1) is 17.6. The molecule has 0 amide bonds. The van der Waals surface area contributed by atoms with Crippen LogP contribution in [0.2, 0.25) is 0 Å². The van der Waals surface area contributed by atoms with Crippen molar-refractivity contribution in [3.63, 3.8) is 0 Å². The van der Waals surface area contributed by atoms with Crippen LogP contribution in [0.1, 0.15) is 18.1 Å². The number of hydrogen-bond donors (Lipinski definition) is 0. The summed E-state index contributed by atoms with van der Waals surface area (Å²) >= 11 is 0. The average Bonchev–Trinajstić information content (AvgIpc) is 2.34. The van der Waals surface area contributed by atoms with E-state index in [1.54, 1.807) is 0 Å². The molecule has 1 aromatic rings. The Hall–Kier alpha value is -1.41. The molecule has 0 aliphatic rings. The fraction of sp³-hybridized carbons (Fsp3) is 0.500. The maximum Gasteiger partial charge on any atom is 0.457 e. The highest BCUT2D eigenvalue weighted by Crippen LogP contribution is 2.58. The van der Waals surface area contributed by atoms with Crippen molar-refractivity contribution in [3.05, 3.63) is 35.4 Å². The van der Waals surface area contributed by atoms with Gasteiger partial charge >= 0.3 is 23.9 Å².